The first-order valence-corrected chi connectivity index (χ1v) is 8.93. The number of pyridine rings is 1. The summed E-state index contributed by atoms with van der Waals surface area (Å²) in [6, 6.07) is 9.24. The summed E-state index contributed by atoms with van der Waals surface area (Å²) in [6.07, 6.45) is -1.63. The maximum absolute atomic E-state index is 10.1. The Morgan fingerprint density at radius 1 is 1.12 bits per heavy atom. The molecule has 4 atom stereocenters. The van der Waals surface area contributed by atoms with Crippen molar-refractivity contribution in [2.45, 2.75) is 30.7 Å². The van der Waals surface area contributed by atoms with Gasteiger partial charge in [0.25, 0.3) is 0 Å². The molecule has 1 saturated heterocycles. The van der Waals surface area contributed by atoms with E-state index in [1.54, 1.807) is 18.3 Å². The predicted octanol–water partition coefficient (Wildman–Crippen LogP) is 2.24. The molecule has 0 spiro atoms. The van der Waals surface area contributed by atoms with Gasteiger partial charge in [0.2, 0.25) is 0 Å². The second-order valence-electron chi connectivity index (χ2n) is 5.70. The number of nitrogens with zero attached hydrogens (tertiary/aromatic N) is 1. The van der Waals surface area contributed by atoms with E-state index in [9.17, 15) is 15.3 Å². The quantitative estimate of drug-likeness (QED) is 0.771. The minimum absolute atomic E-state index is 0.280. The summed E-state index contributed by atoms with van der Waals surface area (Å²) in [7, 11) is 0. The second-order valence-corrected chi connectivity index (χ2v) is 7.24. The molecular weight excluding hydrogens is 350 g/mol. The van der Waals surface area contributed by atoms with Gasteiger partial charge in [-0.1, -0.05) is 23.7 Å². The molecule has 0 saturated carbocycles. The van der Waals surface area contributed by atoms with Gasteiger partial charge in [-0.3, -0.25) is 4.98 Å². The topological polar surface area (TPSA) is 82.8 Å². The van der Waals surface area contributed by atoms with E-state index in [0.717, 1.165) is 16.8 Å². The molecule has 1 aromatic heterocycles. The molecular formula is C17H18ClNO4S. The fourth-order valence-electron chi connectivity index (χ4n) is 2.42. The first-order chi connectivity index (χ1) is 11.5. The lowest BCUT2D eigenvalue weighted by Crippen LogP contribution is -2.50. The van der Waals surface area contributed by atoms with Crippen LogP contribution in [0, 0.1) is 6.92 Å². The zero-order valence-electron chi connectivity index (χ0n) is 13.0. The zero-order chi connectivity index (χ0) is 17.3. The number of aliphatic hydroxyl groups excluding tert-OH is 3. The zero-order valence-corrected chi connectivity index (χ0v) is 14.5. The van der Waals surface area contributed by atoms with Crippen LogP contribution in [0.5, 0.6) is 5.75 Å². The average molecular weight is 368 g/mol. The van der Waals surface area contributed by atoms with E-state index in [1.807, 2.05) is 25.1 Å². The van der Waals surface area contributed by atoms with Crippen molar-refractivity contribution in [3.8, 4) is 16.9 Å². The van der Waals surface area contributed by atoms with Crippen molar-refractivity contribution >= 4 is 23.4 Å². The summed E-state index contributed by atoms with van der Waals surface area (Å²) in [5.74, 6) is 0.692. The van der Waals surface area contributed by atoms with Crippen LogP contribution in [-0.2, 0) is 0 Å². The highest BCUT2D eigenvalue weighted by Gasteiger charge is 2.38. The molecule has 2 aromatic rings. The van der Waals surface area contributed by atoms with Crippen molar-refractivity contribution < 1.29 is 20.1 Å². The van der Waals surface area contributed by atoms with Gasteiger partial charge < -0.3 is 20.1 Å². The van der Waals surface area contributed by atoms with E-state index < -0.39 is 23.7 Å². The molecule has 0 unspecified atom stereocenters. The summed E-state index contributed by atoms with van der Waals surface area (Å²) in [6.45, 7) is 1.92. The Balaban J connectivity index is 1.83. The summed E-state index contributed by atoms with van der Waals surface area (Å²) in [5.41, 5.74) is 2.04. The van der Waals surface area contributed by atoms with Crippen molar-refractivity contribution in [2.24, 2.45) is 0 Å². The van der Waals surface area contributed by atoms with Crippen LogP contribution in [-0.4, -0.2) is 49.8 Å². The molecule has 7 heteroatoms. The summed E-state index contributed by atoms with van der Waals surface area (Å²) < 4.78 is 5.79. The van der Waals surface area contributed by atoms with Crippen LogP contribution < -0.4 is 4.74 Å². The standard InChI is InChI=1S/C17H18ClNO4S/c1-9-2-3-11(7-19-9)10-4-5-12(18)14(6-10)23-17-16(22)15(21)13(20)8-24-17/h2-7,13,15-17,20-22H,8H2,1H3/t13-,15+,16-,17+/m1/s1. The monoisotopic (exact) mass is 367 g/mol. The van der Waals surface area contributed by atoms with Gasteiger partial charge in [0, 0.05) is 23.2 Å². The normalized spacial score (nSPS) is 27.0. The first-order valence-electron chi connectivity index (χ1n) is 7.51. The smallest absolute Gasteiger partial charge is 0.173 e. The molecule has 0 amide bonds. The van der Waals surface area contributed by atoms with E-state index in [4.69, 9.17) is 16.3 Å². The molecule has 128 valence electrons. The van der Waals surface area contributed by atoms with Crippen molar-refractivity contribution in [2.75, 3.05) is 5.75 Å². The van der Waals surface area contributed by atoms with Gasteiger partial charge in [0.1, 0.15) is 18.0 Å². The molecule has 1 aliphatic heterocycles. The molecule has 1 aromatic carbocycles. The number of ether oxygens (including phenoxy) is 1. The van der Waals surface area contributed by atoms with Crippen molar-refractivity contribution in [3.63, 3.8) is 0 Å². The minimum atomic E-state index is -1.24. The Labute approximate surface area is 149 Å². The summed E-state index contributed by atoms with van der Waals surface area (Å²) >= 11 is 7.43. The maximum atomic E-state index is 10.1. The third-order valence-corrected chi connectivity index (χ3v) is 5.42. The molecule has 1 aliphatic rings. The summed E-state index contributed by atoms with van der Waals surface area (Å²) in [5, 5.41) is 29.8. The lowest BCUT2D eigenvalue weighted by atomic mass is 10.1. The van der Waals surface area contributed by atoms with E-state index in [-0.39, 0.29) is 5.75 Å². The Kier molecular flexibility index (Phi) is 5.32. The fourth-order valence-corrected chi connectivity index (χ4v) is 3.70. The Bertz CT molecular complexity index is 712. The highest BCUT2D eigenvalue weighted by molar-refractivity contribution is 7.99. The van der Waals surface area contributed by atoms with Crippen LogP contribution in [0.4, 0.5) is 0 Å². The molecule has 3 rings (SSSR count). The lowest BCUT2D eigenvalue weighted by Gasteiger charge is -2.34. The van der Waals surface area contributed by atoms with E-state index >= 15 is 0 Å². The largest absolute Gasteiger partial charge is 0.475 e. The maximum Gasteiger partial charge on any atom is 0.173 e. The molecule has 24 heavy (non-hydrogen) atoms. The van der Waals surface area contributed by atoms with Gasteiger partial charge in [-0.15, -0.1) is 11.8 Å². The van der Waals surface area contributed by atoms with Gasteiger partial charge in [0.05, 0.1) is 11.1 Å². The summed E-state index contributed by atoms with van der Waals surface area (Å²) in [4.78, 5) is 4.27. The van der Waals surface area contributed by atoms with Crippen LogP contribution >= 0.6 is 23.4 Å². The van der Waals surface area contributed by atoms with Gasteiger partial charge in [0.15, 0.2) is 5.44 Å². The number of rotatable bonds is 3. The number of aryl methyl sites for hydroxylation is 1. The first kappa shape index (κ1) is 17.5. The highest BCUT2D eigenvalue weighted by Crippen LogP contribution is 2.35. The number of aliphatic hydroxyl groups is 3. The van der Waals surface area contributed by atoms with Gasteiger partial charge in [-0.25, -0.2) is 0 Å². The third-order valence-electron chi connectivity index (χ3n) is 3.87. The Hall–Kier alpha value is -1.31. The lowest BCUT2D eigenvalue weighted by molar-refractivity contribution is -0.0785. The molecule has 2 heterocycles. The molecule has 0 aliphatic carbocycles. The van der Waals surface area contributed by atoms with E-state index in [1.165, 1.54) is 11.8 Å². The van der Waals surface area contributed by atoms with Gasteiger partial charge in [-0.2, -0.15) is 0 Å². The molecule has 5 nitrogen and oxygen atoms in total. The van der Waals surface area contributed by atoms with Gasteiger partial charge >= 0.3 is 0 Å². The number of hydrogen-bond donors (Lipinski definition) is 3. The van der Waals surface area contributed by atoms with Crippen LogP contribution in [0.15, 0.2) is 36.5 Å². The number of thioether (sulfide) groups is 1. The fraction of sp³-hybridized carbons (Fsp3) is 0.353. The van der Waals surface area contributed by atoms with Crippen molar-refractivity contribution in [1.82, 2.24) is 4.98 Å². The highest BCUT2D eigenvalue weighted by atomic mass is 35.5. The number of benzene rings is 1. The Morgan fingerprint density at radius 3 is 2.58 bits per heavy atom. The van der Waals surface area contributed by atoms with E-state index in [0.29, 0.717) is 10.8 Å². The van der Waals surface area contributed by atoms with Crippen LogP contribution in [0.2, 0.25) is 5.02 Å². The second kappa shape index (κ2) is 7.29. The average Bonchev–Trinajstić information content (AvgIpc) is 2.58. The van der Waals surface area contributed by atoms with Crippen LogP contribution in [0.25, 0.3) is 11.1 Å². The van der Waals surface area contributed by atoms with Crippen LogP contribution in [0.3, 0.4) is 0 Å². The Morgan fingerprint density at radius 2 is 1.88 bits per heavy atom. The molecule has 0 bridgehead atoms. The SMILES string of the molecule is Cc1ccc(-c2ccc(Cl)c(O[C@H]3SC[C@@H](O)[C@H](O)[C@H]3O)c2)cn1. The predicted molar refractivity (Wildman–Crippen MR) is 94.3 cm³/mol. The van der Waals surface area contributed by atoms with Crippen LogP contribution in [0.1, 0.15) is 5.69 Å². The number of hydrogen-bond acceptors (Lipinski definition) is 6. The third kappa shape index (κ3) is 3.68. The van der Waals surface area contributed by atoms with Gasteiger partial charge in [-0.05, 0) is 30.7 Å². The molecule has 0 radical (unpaired) electrons. The van der Waals surface area contributed by atoms with E-state index in [2.05, 4.69) is 4.98 Å². The number of aromatic nitrogens is 1. The molecule has 3 N–H and O–H groups in total. The van der Waals surface area contributed by atoms with Crippen molar-refractivity contribution in [1.29, 1.82) is 0 Å². The minimum Gasteiger partial charge on any atom is -0.475 e. The number of halogens is 1. The molecule has 1 fully saturated rings. The van der Waals surface area contributed by atoms with Crippen molar-refractivity contribution in [3.05, 3.63) is 47.2 Å².